The highest BCUT2D eigenvalue weighted by atomic mass is 19.1. The van der Waals surface area contributed by atoms with Crippen LogP contribution in [-0.2, 0) is 0 Å². The standard InChI is InChI=1S/C13H10FNO3/c1-18-12-11(8-4-2-3-5-10(8)14)9(13(16)17)6-7-15-12/h2-7H,1H3,(H,16,17). The molecule has 0 amide bonds. The van der Waals surface area contributed by atoms with E-state index in [0.29, 0.717) is 0 Å². The Morgan fingerprint density at radius 2 is 2.06 bits per heavy atom. The molecule has 0 unspecified atom stereocenters. The van der Waals surface area contributed by atoms with Crippen molar-refractivity contribution in [2.24, 2.45) is 0 Å². The van der Waals surface area contributed by atoms with E-state index in [9.17, 15) is 9.18 Å². The third kappa shape index (κ3) is 2.02. The van der Waals surface area contributed by atoms with Crippen LogP contribution in [0.4, 0.5) is 4.39 Å². The summed E-state index contributed by atoms with van der Waals surface area (Å²) in [7, 11) is 1.36. The fraction of sp³-hybridized carbons (Fsp3) is 0.0769. The van der Waals surface area contributed by atoms with Crippen molar-refractivity contribution < 1.29 is 19.0 Å². The Bertz CT molecular complexity index is 599. The van der Waals surface area contributed by atoms with Crippen molar-refractivity contribution in [3.05, 3.63) is 47.9 Å². The number of aromatic nitrogens is 1. The minimum absolute atomic E-state index is 0.0491. The normalized spacial score (nSPS) is 10.1. The number of carbonyl (C=O) groups is 1. The summed E-state index contributed by atoms with van der Waals surface area (Å²) in [6, 6.07) is 7.21. The molecule has 0 aliphatic carbocycles. The van der Waals surface area contributed by atoms with Gasteiger partial charge in [0.2, 0.25) is 5.88 Å². The Balaban J connectivity index is 2.76. The number of carboxylic acids is 1. The fourth-order valence-corrected chi connectivity index (χ4v) is 1.70. The summed E-state index contributed by atoms with van der Waals surface area (Å²) < 4.78 is 18.8. The van der Waals surface area contributed by atoms with Crippen LogP contribution in [-0.4, -0.2) is 23.2 Å². The van der Waals surface area contributed by atoms with Crippen LogP contribution < -0.4 is 4.74 Å². The lowest BCUT2D eigenvalue weighted by Crippen LogP contribution is -2.04. The number of carboxylic acid groups (broad SMARTS) is 1. The lowest BCUT2D eigenvalue weighted by atomic mass is 10.0. The van der Waals surface area contributed by atoms with Gasteiger partial charge in [-0.15, -0.1) is 0 Å². The highest BCUT2D eigenvalue weighted by molar-refractivity contribution is 5.97. The first-order chi connectivity index (χ1) is 8.65. The highest BCUT2D eigenvalue weighted by Gasteiger charge is 2.19. The molecule has 2 rings (SSSR count). The molecular weight excluding hydrogens is 237 g/mol. The molecule has 18 heavy (non-hydrogen) atoms. The number of nitrogens with zero attached hydrogens (tertiary/aromatic N) is 1. The number of methoxy groups -OCH3 is 1. The van der Waals surface area contributed by atoms with Gasteiger partial charge >= 0.3 is 5.97 Å². The van der Waals surface area contributed by atoms with Crippen LogP contribution >= 0.6 is 0 Å². The van der Waals surface area contributed by atoms with Crippen LogP contribution in [0.2, 0.25) is 0 Å². The van der Waals surface area contributed by atoms with Crippen molar-refractivity contribution in [2.75, 3.05) is 7.11 Å². The molecule has 0 radical (unpaired) electrons. The Morgan fingerprint density at radius 3 is 2.67 bits per heavy atom. The molecule has 2 aromatic rings. The molecule has 0 aliphatic rings. The van der Waals surface area contributed by atoms with Crippen LogP contribution in [0.25, 0.3) is 11.1 Å². The topological polar surface area (TPSA) is 59.4 Å². The van der Waals surface area contributed by atoms with Crippen molar-refractivity contribution >= 4 is 5.97 Å². The van der Waals surface area contributed by atoms with E-state index in [1.807, 2.05) is 0 Å². The molecule has 0 saturated carbocycles. The molecule has 0 bridgehead atoms. The fourth-order valence-electron chi connectivity index (χ4n) is 1.70. The molecule has 5 heteroatoms. The van der Waals surface area contributed by atoms with Gasteiger partial charge < -0.3 is 9.84 Å². The van der Waals surface area contributed by atoms with Crippen LogP contribution in [0, 0.1) is 5.82 Å². The molecule has 1 aromatic carbocycles. The summed E-state index contributed by atoms with van der Waals surface area (Å²) in [5.41, 5.74) is 0.248. The Labute approximate surface area is 103 Å². The number of hydrogen-bond donors (Lipinski definition) is 1. The minimum atomic E-state index is -1.16. The Hall–Kier alpha value is -2.43. The van der Waals surface area contributed by atoms with Crippen molar-refractivity contribution in [2.45, 2.75) is 0 Å². The lowest BCUT2D eigenvalue weighted by Gasteiger charge is -2.11. The molecule has 0 aliphatic heterocycles. The smallest absolute Gasteiger partial charge is 0.336 e. The van der Waals surface area contributed by atoms with E-state index in [-0.39, 0.29) is 22.6 Å². The summed E-state index contributed by atoms with van der Waals surface area (Å²) in [6.45, 7) is 0. The number of benzene rings is 1. The largest absolute Gasteiger partial charge is 0.481 e. The van der Waals surface area contributed by atoms with Gasteiger partial charge in [-0.3, -0.25) is 0 Å². The number of halogens is 1. The summed E-state index contributed by atoms with van der Waals surface area (Å²) in [4.78, 5) is 15.1. The van der Waals surface area contributed by atoms with Gasteiger partial charge in [0.15, 0.2) is 0 Å². The SMILES string of the molecule is COc1nccc(C(=O)O)c1-c1ccccc1F. The first kappa shape index (κ1) is 12.0. The molecule has 0 saturated heterocycles. The summed E-state index contributed by atoms with van der Waals surface area (Å²) >= 11 is 0. The van der Waals surface area contributed by atoms with Gasteiger partial charge in [-0.1, -0.05) is 18.2 Å². The lowest BCUT2D eigenvalue weighted by molar-refractivity contribution is 0.0697. The van der Waals surface area contributed by atoms with E-state index in [0.717, 1.165) is 0 Å². The number of pyridine rings is 1. The number of aromatic carboxylic acids is 1. The maximum atomic E-state index is 13.8. The number of hydrogen-bond acceptors (Lipinski definition) is 3. The quantitative estimate of drug-likeness (QED) is 0.905. The molecule has 1 aromatic heterocycles. The van der Waals surface area contributed by atoms with Crippen molar-refractivity contribution in [1.29, 1.82) is 0 Å². The maximum Gasteiger partial charge on any atom is 0.336 e. The van der Waals surface area contributed by atoms with Gasteiger partial charge in [-0.25, -0.2) is 14.2 Å². The van der Waals surface area contributed by atoms with Gasteiger partial charge in [0, 0.05) is 11.8 Å². The van der Waals surface area contributed by atoms with Crippen LogP contribution in [0.3, 0.4) is 0 Å². The van der Waals surface area contributed by atoms with E-state index in [1.165, 1.54) is 37.6 Å². The zero-order chi connectivity index (χ0) is 13.1. The Morgan fingerprint density at radius 1 is 1.33 bits per heavy atom. The van der Waals surface area contributed by atoms with Crippen LogP contribution in [0.1, 0.15) is 10.4 Å². The molecule has 0 atom stereocenters. The summed E-state index contributed by atoms with van der Waals surface area (Å²) in [5.74, 6) is -1.60. The molecule has 0 fully saturated rings. The monoisotopic (exact) mass is 247 g/mol. The van der Waals surface area contributed by atoms with E-state index < -0.39 is 11.8 Å². The number of ether oxygens (including phenoxy) is 1. The third-order valence-electron chi connectivity index (χ3n) is 2.48. The van der Waals surface area contributed by atoms with E-state index in [1.54, 1.807) is 6.07 Å². The van der Waals surface area contributed by atoms with Crippen LogP contribution in [0.5, 0.6) is 5.88 Å². The zero-order valence-corrected chi connectivity index (χ0v) is 9.55. The second-order valence-electron chi connectivity index (χ2n) is 3.53. The second kappa shape index (κ2) is 4.83. The van der Waals surface area contributed by atoms with Gasteiger partial charge in [0.25, 0.3) is 0 Å². The molecule has 0 spiro atoms. The van der Waals surface area contributed by atoms with E-state index in [2.05, 4.69) is 4.98 Å². The Kier molecular flexibility index (Phi) is 3.23. The highest BCUT2D eigenvalue weighted by Crippen LogP contribution is 2.33. The van der Waals surface area contributed by atoms with Crippen molar-refractivity contribution in [3.8, 4) is 17.0 Å². The molecule has 92 valence electrons. The van der Waals surface area contributed by atoms with Crippen molar-refractivity contribution in [1.82, 2.24) is 4.98 Å². The van der Waals surface area contributed by atoms with Gasteiger partial charge in [-0.2, -0.15) is 0 Å². The predicted octanol–water partition coefficient (Wildman–Crippen LogP) is 2.59. The van der Waals surface area contributed by atoms with Crippen molar-refractivity contribution in [3.63, 3.8) is 0 Å². The molecular formula is C13H10FNO3. The van der Waals surface area contributed by atoms with Gasteiger partial charge in [0.1, 0.15) is 5.82 Å². The summed E-state index contributed by atoms with van der Waals surface area (Å²) in [6.07, 6.45) is 1.31. The summed E-state index contributed by atoms with van der Waals surface area (Å²) in [5, 5.41) is 9.13. The van der Waals surface area contributed by atoms with Crippen LogP contribution in [0.15, 0.2) is 36.5 Å². The second-order valence-corrected chi connectivity index (χ2v) is 3.53. The molecule has 1 N–H and O–H groups in total. The molecule has 4 nitrogen and oxygen atoms in total. The van der Waals surface area contributed by atoms with E-state index >= 15 is 0 Å². The zero-order valence-electron chi connectivity index (χ0n) is 9.55. The first-order valence-corrected chi connectivity index (χ1v) is 5.16. The number of rotatable bonds is 3. The molecule has 1 heterocycles. The maximum absolute atomic E-state index is 13.8. The average Bonchev–Trinajstić information content (AvgIpc) is 2.38. The average molecular weight is 247 g/mol. The van der Waals surface area contributed by atoms with Gasteiger partial charge in [-0.05, 0) is 12.1 Å². The minimum Gasteiger partial charge on any atom is -0.481 e. The first-order valence-electron chi connectivity index (χ1n) is 5.16. The third-order valence-corrected chi connectivity index (χ3v) is 2.48. The van der Waals surface area contributed by atoms with Gasteiger partial charge in [0.05, 0.1) is 18.2 Å². The predicted molar refractivity (Wildman–Crippen MR) is 63.1 cm³/mol. The van der Waals surface area contributed by atoms with E-state index in [4.69, 9.17) is 9.84 Å².